The molecule has 0 amide bonds. The third-order valence-corrected chi connectivity index (χ3v) is 4.90. The average Bonchev–Trinajstić information content (AvgIpc) is 2.76. The molecule has 0 radical (unpaired) electrons. The SMILES string of the molecule is CC(C)Oc1ccc(S(=O)(=O)N2CCC(N)C2)cc1. The van der Waals surface area contributed by atoms with Crippen LogP contribution in [0.4, 0.5) is 0 Å². The van der Waals surface area contributed by atoms with E-state index in [1.165, 1.54) is 4.31 Å². The molecule has 5 nitrogen and oxygen atoms in total. The zero-order valence-electron chi connectivity index (χ0n) is 11.2. The van der Waals surface area contributed by atoms with E-state index in [1.54, 1.807) is 24.3 Å². The van der Waals surface area contributed by atoms with Gasteiger partial charge in [0.1, 0.15) is 5.75 Å². The molecule has 1 aliphatic rings. The molecule has 2 N–H and O–H groups in total. The Hall–Kier alpha value is -1.11. The lowest BCUT2D eigenvalue weighted by molar-refractivity contribution is 0.242. The van der Waals surface area contributed by atoms with E-state index in [2.05, 4.69) is 0 Å². The number of nitrogens with two attached hydrogens (primary N) is 1. The van der Waals surface area contributed by atoms with E-state index in [0.717, 1.165) is 0 Å². The zero-order chi connectivity index (χ0) is 14.0. The van der Waals surface area contributed by atoms with Gasteiger partial charge in [-0.1, -0.05) is 0 Å². The minimum Gasteiger partial charge on any atom is -0.491 e. The molecule has 2 rings (SSSR count). The molecule has 0 aromatic heterocycles. The Labute approximate surface area is 114 Å². The fourth-order valence-corrected chi connectivity index (χ4v) is 3.60. The zero-order valence-corrected chi connectivity index (χ0v) is 12.1. The van der Waals surface area contributed by atoms with Gasteiger partial charge in [-0.15, -0.1) is 0 Å². The van der Waals surface area contributed by atoms with Crippen molar-refractivity contribution in [1.82, 2.24) is 4.31 Å². The van der Waals surface area contributed by atoms with E-state index >= 15 is 0 Å². The first kappa shape index (κ1) is 14.3. The number of rotatable bonds is 4. The van der Waals surface area contributed by atoms with Crippen molar-refractivity contribution >= 4 is 10.0 Å². The van der Waals surface area contributed by atoms with Crippen LogP contribution < -0.4 is 10.5 Å². The van der Waals surface area contributed by atoms with Crippen LogP contribution in [0.2, 0.25) is 0 Å². The third kappa shape index (κ3) is 3.26. The summed E-state index contributed by atoms with van der Waals surface area (Å²) in [4.78, 5) is 0.290. The molecule has 0 aliphatic carbocycles. The van der Waals surface area contributed by atoms with Gasteiger partial charge >= 0.3 is 0 Å². The molecule has 0 bridgehead atoms. The molecule has 106 valence electrons. The maximum Gasteiger partial charge on any atom is 0.243 e. The largest absolute Gasteiger partial charge is 0.491 e. The van der Waals surface area contributed by atoms with Crippen LogP contribution in [-0.2, 0) is 10.0 Å². The van der Waals surface area contributed by atoms with E-state index in [9.17, 15) is 8.42 Å². The summed E-state index contributed by atoms with van der Waals surface area (Å²) in [6, 6.07) is 6.47. The van der Waals surface area contributed by atoms with Crippen molar-refractivity contribution in [2.24, 2.45) is 5.73 Å². The van der Waals surface area contributed by atoms with E-state index in [4.69, 9.17) is 10.5 Å². The lowest BCUT2D eigenvalue weighted by Crippen LogP contribution is -2.31. The maximum absolute atomic E-state index is 12.3. The Balaban J connectivity index is 2.17. The molecular weight excluding hydrogens is 264 g/mol. The van der Waals surface area contributed by atoms with Crippen LogP contribution >= 0.6 is 0 Å². The van der Waals surface area contributed by atoms with E-state index in [0.29, 0.717) is 25.3 Å². The number of sulfonamides is 1. The first-order valence-corrected chi connectivity index (χ1v) is 7.86. The third-order valence-electron chi connectivity index (χ3n) is 3.02. The smallest absolute Gasteiger partial charge is 0.243 e. The van der Waals surface area contributed by atoms with Crippen molar-refractivity contribution in [3.63, 3.8) is 0 Å². The fraction of sp³-hybridized carbons (Fsp3) is 0.538. The van der Waals surface area contributed by atoms with Crippen LogP contribution in [0.1, 0.15) is 20.3 Å². The highest BCUT2D eigenvalue weighted by molar-refractivity contribution is 7.89. The normalized spacial score (nSPS) is 20.9. The number of ether oxygens (including phenoxy) is 1. The van der Waals surface area contributed by atoms with Crippen molar-refractivity contribution in [2.45, 2.75) is 37.3 Å². The molecule has 1 aromatic rings. The first-order chi connectivity index (χ1) is 8.89. The first-order valence-electron chi connectivity index (χ1n) is 6.42. The molecule has 1 atom stereocenters. The van der Waals surface area contributed by atoms with Crippen LogP contribution in [-0.4, -0.2) is 38.0 Å². The Kier molecular flexibility index (Phi) is 4.13. The topological polar surface area (TPSA) is 72.6 Å². The van der Waals surface area contributed by atoms with E-state index in [1.807, 2.05) is 13.8 Å². The number of nitrogens with zero attached hydrogens (tertiary/aromatic N) is 1. The Bertz CT molecular complexity index is 525. The summed E-state index contributed by atoms with van der Waals surface area (Å²) in [5.74, 6) is 0.673. The summed E-state index contributed by atoms with van der Waals surface area (Å²) in [5, 5.41) is 0. The number of hydrogen-bond acceptors (Lipinski definition) is 4. The Morgan fingerprint density at radius 3 is 2.42 bits per heavy atom. The standard InChI is InChI=1S/C13H20N2O3S/c1-10(2)18-12-3-5-13(6-4-12)19(16,17)15-8-7-11(14)9-15/h3-6,10-11H,7-9,14H2,1-2H3. The fourth-order valence-electron chi connectivity index (χ4n) is 2.08. The minimum atomic E-state index is -3.42. The summed E-state index contributed by atoms with van der Waals surface area (Å²) < 4.78 is 31.6. The van der Waals surface area contributed by atoms with Gasteiger partial charge in [-0.05, 0) is 44.5 Å². The van der Waals surface area contributed by atoms with Crippen LogP contribution in [0.15, 0.2) is 29.2 Å². The van der Waals surface area contributed by atoms with Gasteiger partial charge in [0.25, 0.3) is 0 Å². The van der Waals surface area contributed by atoms with Crippen molar-refractivity contribution < 1.29 is 13.2 Å². The molecule has 1 unspecified atom stereocenters. The van der Waals surface area contributed by atoms with Gasteiger partial charge in [0.15, 0.2) is 0 Å². The highest BCUT2D eigenvalue weighted by Gasteiger charge is 2.30. The van der Waals surface area contributed by atoms with Gasteiger partial charge in [-0.3, -0.25) is 0 Å². The molecule has 1 aliphatic heterocycles. The summed E-state index contributed by atoms with van der Waals surface area (Å²) in [6.07, 6.45) is 0.785. The second-order valence-electron chi connectivity index (χ2n) is 5.05. The molecule has 1 fully saturated rings. The van der Waals surface area contributed by atoms with Crippen molar-refractivity contribution in [3.8, 4) is 5.75 Å². The predicted octanol–water partition coefficient (Wildman–Crippen LogP) is 1.20. The Morgan fingerprint density at radius 1 is 1.32 bits per heavy atom. The minimum absolute atomic E-state index is 0.0571. The molecule has 0 spiro atoms. The van der Waals surface area contributed by atoms with E-state index < -0.39 is 10.0 Å². The Morgan fingerprint density at radius 2 is 1.95 bits per heavy atom. The van der Waals surface area contributed by atoms with Gasteiger partial charge in [0.05, 0.1) is 11.0 Å². The molecule has 19 heavy (non-hydrogen) atoms. The number of benzene rings is 1. The van der Waals surface area contributed by atoms with Crippen molar-refractivity contribution in [1.29, 1.82) is 0 Å². The van der Waals surface area contributed by atoms with Crippen LogP contribution in [0.3, 0.4) is 0 Å². The second kappa shape index (κ2) is 5.48. The quantitative estimate of drug-likeness (QED) is 0.901. The van der Waals surface area contributed by atoms with Gasteiger partial charge in [-0.25, -0.2) is 8.42 Å². The highest BCUT2D eigenvalue weighted by Crippen LogP contribution is 2.23. The summed E-state index contributed by atoms with van der Waals surface area (Å²) in [7, 11) is -3.42. The molecule has 6 heteroatoms. The van der Waals surface area contributed by atoms with Gasteiger partial charge < -0.3 is 10.5 Å². The lowest BCUT2D eigenvalue weighted by Gasteiger charge is -2.16. The second-order valence-corrected chi connectivity index (χ2v) is 6.99. The van der Waals surface area contributed by atoms with Crippen LogP contribution in [0, 0.1) is 0 Å². The molecule has 1 aromatic carbocycles. The molecule has 1 saturated heterocycles. The van der Waals surface area contributed by atoms with E-state index in [-0.39, 0.29) is 17.0 Å². The van der Waals surface area contributed by atoms with Gasteiger partial charge in [0, 0.05) is 19.1 Å². The van der Waals surface area contributed by atoms with Crippen LogP contribution in [0.25, 0.3) is 0 Å². The van der Waals surface area contributed by atoms with Crippen LogP contribution in [0.5, 0.6) is 5.75 Å². The molecular formula is C13H20N2O3S. The van der Waals surface area contributed by atoms with Gasteiger partial charge in [-0.2, -0.15) is 4.31 Å². The maximum atomic E-state index is 12.3. The molecule has 0 saturated carbocycles. The highest BCUT2D eigenvalue weighted by atomic mass is 32.2. The van der Waals surface area contributed by atoms with Gasteiger partial charge in [0.2, 0.25) is 10.0 Å². The average molecular weight is 284 g/mol. The summed E-state index contributed by atoms with van der Waals surface area (Å²) in [5.41, 5.74) is 5.75. The number of hydrogen-bond donors (Lipinski definition) is 1. The molecule has 1 heterocycles. The summed E-state index contributed by atoms with van der Waals surface area (Å²) in [6.45, 7) is 4.74. The van der Waals surface area contributed by atoms with Crippen molar-refractivity contribution in [2.75, 3.05) is 13.1 Å². The van der Waals surface area contributed by atoms with Crippen molar-refractivity contribution in [3.05, 3.63) is 24.3 Å². The monoisotopic (exact) mass is 284 g/mol. The lowest BCUT2D eigenvalue weighted by atomic mass is 10.3. The summed E-state index contributed by atoms with van der Waals surface area (Å²) >= 11 is 0. The predicted molar refractivity (Wildman–Crippen MR) is 73.6 cm³/mol.